The van der Waals surface area contributed by atoms with Gasteiger partial charge in [0, 0.05) is 11.6 Å². The third-order valence-electron chi connectivity index (χ3n) is 2.28. The van der Waals surface area contributed by atoms with Gasteiger partial charge in [0.25, 0.3) is 0 Å². The first-order chi connectivity index (χ1) is 8.72. The summed E-state index contributed by atoms with van der Waals surface area (Å²) in [6.45, 7) is 8.16. The Hall–Kier alpha value is -1.91. The fraction of sp³-hybridized carbons (Fsp3) is 0.462. The molecule has 0 fully saturated rings. The molecular weight excluding hydrogens is 230 g/mol. The van der Waals surface area contributed by atoms with E-state index in [2.05, 4.69) is 10.1 Å². The number of carbonyl (C=O) groups excluding carboxylic acids is 1. The summed E-state index contributed by atoms with van der Waals surface area (Å²) >= 11 is 0. The number of pyridine rings is 1. The number of hydrogen-bond acceptors (Lipinski definition) is 4. The van der Waals surface area contributed by atoms with Crippen molar-refractivity contribution in [1.29, 1.82) is 0 Å². The van der Waals surface area contributed by atoms with Gasteiger partial charge >= 0.3 is 5.97 Å². The summed E-state index contributed by atoms with van der Waals surface area (Å²) in [7, 11) is 0. The zero-order valence-corrected chi connectivity index (χ0v) is 11.3. The van der Waals surface area contributed by atoms with Crippen LogP contribution in [0.25, 0.3) is 11.0 Å². The number of hydrogen-bond donors (Lipinski definition) is 0. The van der Waals surface area contributed by atoms with Crippen LogP contribution in [0.2, 0.25) is 0 Å². The van der Waals surface area contributed by atoms with E-state index < -0.39 is 0 Å². The maximum atomic E-state index is 11.4. The summed E-state index contributed by atoms with van der Waals surface area (Å²) in [5.41, 5.74) is 1.58. The topological polar surface area (TPSA) is 57.0 Å². The fourth-order valence-electron chi connectivity index (χ4n) is 1.61. The molecule has 98 valence electrons. The summed E-state index contributed by atoms with van der Waals surface area (Å²) in [6.07, 6.45) is 1.69. The number of rotatable bonds is 3. The van der Waals surface area contributed by atoms with Crippen LogP contribution in [0.4, 0.5) is 0 Å². The quantitative estimate of drug-likeness (QED) is 0.783. The van der Waals surface area contributed by atoms with Crippen molar-refractivity contribution in [2.45, 2.75) is 34.2 Å². The van der Waals surface area contributed by atoms with Crippen molar-refractivity contribution in [1.82, 2.24) is 14.8 Å². The molecule has 0 bridgehead atoms. The van der Waals surface area contributed by atoms with Gasteiger partial charge in [0.15, 0.2) is 5.65 Å². The van der Waals surface area contributed by atoms with Crippen molar-refractivity contribution in [3.05, 3.63) is 24.0 Å². The van der Waals surface area contributed by atoms with Crippen LogP contribution in [-0.2, 0) is 16.1 Å². The van der Waals surface area contributed by atoms with Crippen molar-refractivity contribution in [2.24, 2.45) is 0 Å². The Balaban J connectivity index is 0.000000771. The minimum atomic E-state index is -0.294. The van der Waals surface area contributed by atoms with E-state index in [1.807, 2.05) is 32.9 Å². The van der Waals surface area contributed by atoms with Gasteiger partial charge in [-0.3, -0.25) is 4.79 Å². The van der Waals surface area contributed by atoms with E-state index in [1.165, 1.54) is 0 Å². The first-order valence-corrected chi connectivity index (χ1v) is 6.16. The van der Waals surface area contributed by atoms with E-state index in [-0.39, 0.29) is 12.5 Å². The van der Waals surface area contributed by atoms with Gasteiger partial charge in [-0.1, -0.05) is 13.8 Å². The molecule has 18 heavy (non-hydrogen) atoms. The molecule has 5 heteroatoms. The lowest BCUT2D eigenvalue weighted by molar-refractivity contribution is -0.143. The Kier molecular flexibility index (Phi) is 5.30. The van der Waals surface area contributed by atoms with E-state index in [1.54, 1.807) is 17.8 Å². The molecule has 0 radical (unpaired) electrons. The van der Waals surface area contributed by atoms with Gasteiger partial charge in [-0.25, -0.2) is 9.67 Å². The molecule has 0 spiro atoms. The zero-order chi connectivity index (χ0) is 13.5. The normalized spacial score (nSPS) is 9.78. The van der Waals surface area contributed by atoms with Crippen LogP contribution in [-0.4, -0.2) is 27.3 Å². The summed E-state index contributed by atoms with van der Waals surface area (Å²) < 4.78 is 6.45. The largest absolute Gasteiger partial charge is 0.465 e. The lowest BCUT2D eigenvalue weighted by Gasteiger charge is -2.02. The molecule has 2 aromatic rings. The summed E-state index contributed by atoms with van der Waals surface area (Å²) in [5, 5.41) is 5.23. The van der Waals surface area contributed by atoms with Gasteiger partial charge in [-0.05, 0) is 26.0 Å². The number of fused-ring (bicyclic) bond motifs is 1. The van der Waals surface area contributed by atoms with Crippen LogP contribution < -0.4 is 0 Å². The minimum absolute atomic E-state index is 0.106. The Bertz CT molecular complexity index is 520. The van der Waals surface area contributed by atoms with E-state index >= 15 is 0 Å². The number of ether oxygens (including phenoxy) is 1. The van der Waals surface area contributed by atoms with E-state index in [0.717, 1.165) is 11.1 Å². The third-order valence-corrected chi connectivity index (χ3v) is 2.28. The molecule has 0 unspecified atom stereocenters. The number of esters is 1. The highest BCUT2D eigenvalue weighted by Crippen LogP contribution is 2.14. The van der Waals surface area contributed by atoms with E-state index in [0.29, 0.717) is 12.3 Å². The van der Waals surface area contributed by atoms with Crippen molar-refractivity contribution < 1.29 is 9.53 Å². The smallest absolute Gasteiger partial charge is 0.327 e. The van der Waals surface area contributed by atoms with Crippen molar-refractivity contribution >= 4 is 17.0 Å². The summed E-state index contributed by atoms with van der Waals surface area (Å²) in [4.78, 5) is 15.6. The molecule has 0 saturated carbocycles. The van der Waals surface area contributed by atoms with Crippen molar-refractivity contribution in [3.63, 3.8) is 0 Å². The number of nitrogens with zero attached hydrogens (tertiary/aromatic N) is 3. The molecule has 0 aliphatic rings. The van der Waals surface area contributed by atoms with E-state index in [4.69, 9.17) is 4.74 Å². The van der Waals surface area contributed by atoms with Gasteiger partial charge < -0.3 is 4.74 Å². The van der Waals surface area contributed by atoms with Crippen LogP contribution in [0.15, 0.2) is 18.3 Å². The van der Waals surface area contributed by atoms with Crippen LogP contribution in [0.3, 0.4) is 0 Å². The minimum Gasteiger partial charge on any atom is -0.465 e. The lowest BCUT2D eigenvalue weighted by Crippen LogP contribution is -2.14. The fourth-order valence-corrected chi connectivity index (χ4v) is 1.61. The molecule has 5 nitrogen and oxygen atoms in total. The maximum absolute atomic E-state index is 11.4. The molecule has 0 aliphatic heterocycles. The Morgan fingerprint density at radius 3 is 2.83 bits per heavy atom. The Morgan fingerprint density at radius 2 is 2.17 bits per heavy atom. The predicted molar refractivity (Wildman–Crippen MR) is 70.2 cm³/mol. The molecule has 0 aliphatic carbocycles. The van der Waals surface area contributed by atoms with Crippen LogP contribution in [0.1, 0.15) is 26.5 Å². The second kappa shape index (κ2) is 6.74. The second-order valence-electron chi connectivity index (χ2n) is 3.42. The Morgan fingerprint density at radius 1 is 1.44 bits per heavy atom. The number of aromatic nitrogens is 3. The SMILES string of the molecule is CC.CCOC(=O)Cn1nc(C)c2cccnc21. The lowest BCUT2D eigenvalue weighted by atomic mass is 10.3. The molecule has 0 N–H and O–H groups in total. The van der Waals surface area contributed by atoms with Crippen molar-refractivity contribution in [3.8, 4) is 0 Å². The Labute approximate surface area is 107 Å². The van der Waals surface area contributed by atoms with Gasteiger partial charge in [-0.15, -0.1) is 0 Å². The van der Waals surface area contributed by atoms with Crippen LogP contribution in [0, 0.1) is 6.92 Å². The second-order valence-corrected chi connectivity index (χ2v) is 3.42. The summed E-state index contributed by atoms with van der Waals surface area (Å²) in [6, 6.07) is 3.79. The van der Waals surface area contributed by atoms with Crippen molar-refractivity contribution in [2.75, 3.05) is 6.61 Å². The molecule has 0 saturated heterocycles. The highest BCUT2D eigenvalue weighted by molar-refractivity contribution is 5.79. The molecule has 2 heterocycles. The van der Waals surface area contributed by atoms with Gasteiger partial charge in [0.1, 0.15) is 6.54 Å². The summed E-state index contributed by atoms with van der Waals surface area (Å²) in [5.74, 6) is -0.294. The zero-order valence-electron chi connectivity index (χ0n) is 11.3. The van der Waals surface area contributed by atoms with Crippen LogP contribution in [0.5, 0.6) is 0 Å². The molecule has 2 aromatic heterocycles. The standard InChI is InChI=1S/C11H13N3O2.C2H6/c1-3-16-10(15)7-14-11-9(8(2)13-14)5-4-6-12-11;1-2/h4-6H,3,7H2,1-2H3;1-2H3. The monoisotopic (exact) mass is 249 g/mol. The highest BCUT2D eigenvalue weighted by Gasteiger charge is 2.11. The average molecular weight is 249 g/mol. The highest BCUT2D eigenvalue weighted by atomic mass is 16.5. The number of carbonyl (C=O) groups is 1. The third kappa shape index (κ3) is 3.06. The predicted octanol–water partition coefficient (Wildman–Crippen LogP) is 2.33. The maximum Gasteiger partial charge on any atom is 0.327 e. The van der Waals surface area contributed by atoms with Crippen LogP contribution >= 0.6 is 0 Å². The molecule has 0 amide bonds. The van der Waals surface area contributed by atoms with E-state index in [9.17, 15) is 4.79 Å². The number of aryl methyl sites for hydroxylation is 1. The van der Waals surface area contributed by atoms with Gasteiger partial charge in [0.05, 0.1) is 12.3 Å². The van der Waals surface area contributed by atoms with Gasteiger partial charge in [-0.2, -0.15) is 5.10 Å². The average Bonchev–Trinajstić information content (AvgIpc) is 2.70. The molecule has 0 aromatic carbocycles. The first kappa shape index (κ1) is 14.2. The molecular formula is C13H19N3O2. The first-order valence-electron chi connectivity index (χ1n) is 6.16. The molecule has 2 rings (SSSR count). The molecule has 0 atom stereocenters. The van der Waals surface area contributed by atoms with Gasteiger partial charge in [0.2, 0.25) is 0 Å².